The van der Waals surface area contributed by atoms with Crippen LogP contribution in [0.15, 0.2) is 59.0 Å². The van der Waals surface area contributed by atoms with E-state index in [1.807, 2.05) is 73.3 Å². The highest BCUT2D eigenvalue weighted by Gasteiger charge is 2.22. The zero-order valence-electron chi connectivity index (χ0n) is 17.1. The van der Waals surface area contributed by atoms with Gasteiger partial charge in [0.05, 0.1) is 5.69 Å². The minimum atomic E-state index is 0.125. The fourth-order valence-electron chi connectivity index (χ4n) is 3.78. The molecule has 0 radical (unpaired) electrons. The van der Waals surface area contributed by atoms with Crippen molar-refractivity contribution >= 4 is 5.91 Å². The Balaban J connectivity index is 1.40. The van der Waals surface area contributed by atoms with Crippen molar-refractivity contribution in [1.29, 1.82) is 0 Å². The molecule has 5 heteroatoms. The molecule has 0 bridgehead atoms. The Labute approximate surface area is 172 Å². The summed E-state index contributed by atoms with van der Waals surface area (Å²) in [4.78, 5) is 21.9. The molecule has 2 aromatic carbocycles. The molecule has 0 aliphatic carbocycles. The van der Waals surface area contributed by atoms with Gasteiger partial charge in [-0.3, -0.25) is 9.69 Å². The molecule has 0 unspecified atom stereocenters. The third-order valence-electron chi connectivity index (χ3n) is 5.43. The quantitative estimate of drug-likeness (QED) is 0.667. The molecule has 0 saturated carbocycles. The predicted octanol–water partition coefficient (Wildman–Crippen LogP) is 4.31. The standard InChI is InChI=1S/C24H27N3O2/c1-18-8-6-11-21(16-18)24(28)27-13-7-12-26(14-15-27)17-22-19(2)29-23(25-22)20-9-4-3-5-10-20/h3-6,8-11,16H,7,12-15,17H2,1-2H3. The number of benzene rings is 2. The van der Waals surface area contributed by atoms with Gasteiger partial charge in [0.15, 0.2) is 0 Å². The summed E-state index contributed by atoms with van der Waals surface area (Å²) in [5.74, 6) is 1.66. The maximum atomic E-state index is 12.9. The average molecular weight is 389 g/mol. The number of aromatic nitrogens is 1. The molecule has 2 heterocycles. The van der Waals surface area contributed by atoms with Crippen molar-refractivity contribution in [2.24, 2.45) is 0 Å². The first-order valence-corrected chi connectivity index (χ1v) is 10.2. The van der Waals surface area contributed by atoms with Crippen LogP contribution in [-0.2, 0) is 6.54 Å². The summed E-state index contributed by atoms with van der Waals surface area (Å²) in [6.45, 7) is 8.04. The van der Waals surface area contributed by atoms with Crippen molar-refractivity contribution in [2.75, 3.05) is 26.2 Å². The van der Waals surface area contributed by atoms with Crippen LogP contribution in [0.5, 0.6) is 0 Å². The fraction of sp³-hybridized carbons (Fsp3) is 0.333. The lowest BCUT2D eigenvalue weighted by Gasteiger charge is -2.22. The maximum Gasteiger partial charge on any atom is 0.253 e. The second-order valence-corrected chi connectivity index (χ2v) is 7.68. The Morgan fingerprint density at radius 2 is 1.83 bits per heavy atom. The summed E-state index contributed by atoms with van der Waals surface area (Å²) in [6.07, 6.45) is 0.958. The van der Waals surface area contributed by atoms with Gasteiger partial charge in [0.1, 0.15) is 5.76 Å². The Morgan fingerprint density at radius 1 is 1.00 bits per heavy atom. The Hall–Kier alpha value is -2.92. The Morgan fingerprint density at radius 3 is 2.62 bits per heavy atom. The molecule has 4 rings (SSSR count). The first kappa shape index (κ1) is 19.4. The third kappa shape index (κ3) is 4.57. The minimum Gasteiger partial charge on any atom is -0.441 e. The van der Waals surface area contributed by atoms with Crippen molar-refractivity contribution in [2.45, 2.75) is 26.8 Å². The molecule has 3 aromatic rings. The lowest BCUT2D eigenvalue weighted by atomic mass is 10.1. The molecule has 1 aliphatic rings. The van der Waals surface area contributed by atoms with Crippen molar-refractivity contribution in [3.05, 3.63) is 77.2 Å². The normalized spacial score (nSPS) is 15.3. The van der Waals surface area contributed by atoms with E-state index in [1.54, 1.807) is 0 Å². The van der Waals surface area contributed by atoms with Gasteiger partial charge in [-0.15, -0.1) is 0 Å². The summed E-state index contributed by atoms with van der Waals surface area (Å²) in [5.41, 5.74) is 3.86. The summed E-state index contributed by atoms with van der Waals surface area (Å²) >= 11 is 0. The fourth-order valence-corrected chi connectivity index (χ4v) is 3.78. The molecule has 1 amide bonds. The van der Waals surface area contributed by atoms with Crippen LogP contribution >= 0.6 is 0 Å². The molecule has 29 heavy (non-hydrogen) atoms. The van der Waals surface area contributed by atoms with Gasteiger partial charge in [0.2, 0.25) is 5.89 Å². The van der Waals surface area contributed by atoms with Gasteiger partial charge in [-0.1, -0.05) is 35.9 Å². The molecule has 1 aromatic heterocycles. The smallest absolute Gasteiger partial charge is 0.253 e. The van der Waals surface area contributed by atoms with Crippen LogP contribution in [-0.4, -0.2) is 46.9 Å². The zero-order chi connectivity index (χ0) is 20.2. The summed E-state index contributed by atoms with van der Waals surface area (Å²) < 4.78 is 5.90. The number of hydrogen-bond acceptors (Lipinski definition) is 4. The molecule has 1 aliphatic heterocycles. The van der Waals surface area contributed by atoms with E-state index in [0.29, 0.717) is 5.89 Å². The van der Waals surface area contributed by atoms with Gasteiger partial charge in [0.25, 0.3) is 5.91 Å². The molecule has 1 fully saturated rings. The van der Waals surface area contributed by atoms with E-state index >= 15 is 0 Å². The summed E-state index contributed by atoms with van der Waals surface area (Å²) in [5, 5.41) is 0. The number of oxazole rings is 1. The molecule has 0 N–H and O–H groups in total. The van der Waals surface area contributed by atoms with E-state index in [4.69, 9.17) is 9.40 Å². The van der Waals surface area contributed by atoms with E-state index in [0.717, 1.165) is 67.3 Å². The molecule has 0 spiro atoms. The van der Waals surface area contributed by atoms with Crippen LogP contribution in [0.25, 0.3) is 11.5 Å². The van der Waals surface area contributed by atoms with Crippen LogP contribution in [0.3, 0.4) is 0 Å². The maximum absolute atomic E-state index is 12.9. The number of amides is 1. The second-order valence-electron chi connectivity index (χ2n) is 7.68. The number of aryl methyl sites for hydroxylation is 2. The van der Waals surface area contributed by atoms with Crippen LogP contribution in [0.4, 0.5) is 0 Å². The Bertz CT molecular complexity index is 981. The molecule has 5 nitrogen and oxygen atoms in total. The number of rotatable bonds is 4. The molecule has 1 saturated heterocycles. The molecular formula is C24H27N3O2. The highest BCUT2D eigenvalue weighted by molar-refractivity contribution is 5.94. The van der Waals surface area contributed by atoms with Crippen molar-refractivity contribution in [3.63, 3.8) is 0 Å². The topological polar surface area (TPSA) is 49.6 Å². The van der Waals surface area contributed by atoms with Crippen molar-refractivity contribution < 1.29 is 9.21 Å². The van der Waals surface area contributed by atoms with Crippen LogP contribution in [0, 0.1) is 13.8 Å². The van der Waals surface area contributed by atoms with Crippen LogP contribution in [0.2, 0.25) is 0 Å². The Kier molecular flexibility index (Phi) is 5.76. The van der Waals surface area contributed by atoms with Gasteiger partial charge in [-0.05, 0) is 44.5 Å². The van der Waals surface area contributed by atoms with Gasteiger partial charge < -0.3 is 9.32 Å². The number of carbonyl (C=O) groups excluding carboxylic acids is 1. The second kappa shape index (κ2) is 8.62. The van der Waals surface area contributed by atoms with Gasteiger partial charge >= 0.3 is 0 Å². The van der Waals surface area contributed by atoms with Crippen molar-refractivity contribution in [1.82, 2.24) is 14.8 Å². The number of nitrogens with zero attached hydrogens (tertiary/aromatic N) is 3. The largest absolute Gasteiger partial charge is 0.441 e. The first-order valence-electron chi connectivity index (χ1n) is 10.2. The lowest BCUT2D eigenvalue weighted by molar-refractivity contribution is 0.0761. The molecule has 0 atom stereocenters. The summed E-state index contributed by atoms with van der Waals surface area (Å²) in [7, 11) is 0. The molecule has 150 valence electrons. The average Bonchev–Trinajstić information content (AvgIpc) is 2.95. The number of hydrogen-bond donors (Lipinski definition) is 0. The van der Waals surface area contributed by atoms with Gasteiger partial charge in [-0.2, -0.15) is 0 Å². The zero-order valence-corrected chi connectivity index (χ0v) is 17.1. The van der Waals surface area contributed by atoms with E-state index in [2.05, 4.69) is 4.90 Å². The number of carbonyl (C=O) groups is 1. The highest BCUT2D eigenvalue weighted by atomic mass is 16.4. The van der Waals surface area contributed by atoms with Gasteiger partial charge in [0, 0.05) is 43.9 Å². The van der Waals surface area contributed by atoms with E-state index in [1.165, 1.54) is 0 Å². The highest BCUT2D eigenvalue weighted by Crippen LogP contribution is 2.22. The summed E-state index contributed by atoms with van der Waals surface area (Å²) in [6, 6.07) is 17.8. The minimum absolute atomic E-state index is 0.125. The van der Waals surface area contributed by atoms with Crippen LogP contribution < -0.4 is 0 Å². The van der Waals surface area contributed by atoms with Crippen molar-refractivity contribution in [3.8, 4) is 11.5 Å². The SMILES string of the molecule is Cc1cccc(C(=O)N2CCCN(Cc3nc(-c4ccccc4)oc3C)CC2)c1. The van der Waals surface area contributed by atoms with Crippen LogP contribution in [0.1, 0.15) is 33.8 Å². The lowest BCUT2D eigenvalue weighted by Crippen LogP contribution is -2.35. The van der Waals surface area contributed by atoms with E-state index < -0.39 is 0 Å². The predicted molar refractivity (Wildman–Crippen MR) is 114 cm³/mol. The molecular weight excluding hydrogens is 362 g/mol. The van der Waals surface area contributed by atoms with E-state index in [9.17, 15) is 4.79 Å². The van der Waals surface area contributed by atoms with Gasteiger partial charge in [-0.25, -0.2) is 4.98 Å². The monoisotopic (exact) mass is 389 g/mol. The third-order valence-corrected chi connectivity index (χ3v) is 5.43. The first-order chi connectivity index (χ1) is 14.1. The van der Waals surface area contributed by atoms with E-state index in [-0.39, 0.29) is 5.91 Å².